The zero-order valence-corrected chi connectivity index (χ0v) is 20.9. The Morgan fingerprint density at radius 2 is 1.86 bits per heavy atom. The Morgan fingerprint density at radius 3 is 2.70 bits per heavy atom. The lowest BCUT2D eigenvalue weighted by Gasteiger charge is -2.32. The Kier molecular flexibility index (Phi) is 5.27. The predicted octanol–water partition coefficient (Wildman–Crippen LogP) is 5.50. The second-order valence-corrected chi connectivity index (χ2v) is 10.5. The fraction of sp³-hybridized carbons (Fsp3) is 0.290. The van der Waals surface area contributed by atoms with Gasteiger partial charge in [0.2, 0.25) is 5.91 Å². The molecule has 1 saturated carbocycles. The van der Waals surface area contributed by atoms with Crippen molar-refractivity contribution in [2.45, 2.75) is 30.7 Å². The van der Waals surface area contributed by atoms with Crippen molar-refractivity contribution < 1.29 is 9.53 Å². The minimum atomic E-state index is -0.418. The minimum Gasteiger partial charge on any atom is -0.379 e. The maximum Gasteiger partial charge on any atom is 0.235 e. The van der Waals surface area contributed by atoms with Crippen molar-refractivity contribution >= 4 is 34.6 Å². The van der Waals surface area contributed by atoms with Crippen LogP contribution in [0.15, 0.2) is 66.7 Å². The summed E-state index contributed by atoms with van der Waals surface area (Å²) >= 11 is 0. The number of rotatable bonds is 5. The highest BCUT2D eigenvalue weighted by Crippen LogP contribution is 2.64. The number of carbonyl (C=O) groups is 1. The lowest BCUT2D eigenvalue weighted by Crippen LogP contribution is -2.37. The Labute approximate surface area is 216 Å². The number of nitrogens with one attached hydrogen (secondary N) is 2. The van der Waals surface area contributed by atoms with E-state index in [2.05, 4.69) is 88.0 Å². The van der Waals surface area contributed by atoms with Crippen molar-refractivity contribution in [1.29, 1.82) is 0 Å². The molecule has 1 spiro atoms. The minimum absolute atomic E-state index is 0.123. The first-order valence-electron chi connectivity index (χ1n) is 13.1. The molecule has 0 bridgehead atoms. The van der Waals surface area contributed by atoms with E-state index in [0.29, 0.717) is 6.04 Å². The summed E-state index contributed by atoms with van der Waals surface area (Å²) < 4.78 is 5.49. The van der Waals surface area contributed by atoms with Gasteiger partial charge in [-0.25, -0.2) is 0 Å². The number of benzene rings is 3. The fourth-order valence-corrected chi connectivity index (χ4v) is 6.19. The highest BCUT2D eigenvalue weighted by molar-refractivity contribution is 6.09. The zero-order valence-electron chi connectivity index (χ0n) is 20.9. The molecule has 1 aromatic heterocycles. The summed E-state index contributed by atoms with van der Waals surface area (Å²) in [6, 6.07) is 23.7. The lowest BCUT2D eigenvalue weighted by atomic mass is 9.92. The van der Waals surface area contributed by atoms with Crippen molar-refractivity contribution in [3.8, 4) is 0 Å². The molecule has 2 unspecified atom stereocenters. The molecule has 1 amide bonds. The summed E-state index contributed by atoms with van der Waals surface area (Å²) in [5, 5.41) is 11.9. The summed E-state index contributed by atoms with van der Waals surface area (Å²) in [6.45, 7) is 5.86. The first-order chi connectivity index (χ1) is 18.1. The summed E-state index contributed by atoms with van der Waals surface area (Å²) in [7, 11) is 0. The van der Waals surface area contributed by atoms with Crippen LogP contribution in [0.25, 0.3) is 23.1 Å². The van der Waals surface area contributed by atoms with Crippen molar-refractivity contribution in [3.05, 3.63) is 94.7 Å². The van der Waals surface area contributed by atoms with E-state index < -0.39 is 5.41 Å². The molecule has 2 fully saturated rings. The van der Waals surface area contributed by atoms with Gasteiger partial charge in [-0.3, -0.25) is 14.8 Å². The molecule has 0 radical (unpaired) electrons. The summed E-state index contributed by atoms with van der Waals surface area (Å²) in [5.41, 5.74) is 7.24. The van der Waals surface area contributed by atoms with E-state index in [0.717, 1.165) is 66.1 Å². The number of para-hydroxylation sites is 1. The molecule has 4 aromatic rings. The zero-order chi connectivity index (χ0) is 25.0. The molecule has 6 heteroatoms. The molecule has 3 aromatic carbocycles. The number of fused-ring (bicyclic) bond motifs is 3. The number of carbonyl (C=O) groups excluding carboxylic acids is 1. The van der Waals surface area contributed by atoms with Gasteiger partial charge in [0.25, 0.3) is 0 Å². The van der Waals surface area contributed by atoms with Gasteiger partial charge in [0.15, 0.2) is 0 Å². The van der Waals surface area contributed by atoms with Gasteiger partial charge >= 0.3 is 0 Å². The summed E-state index contributed by atoms with van der Waals surface area (Å²) in [4.78, 5) is 15.3. The van der Waals surface area contributed by atoms with Crippen LogP contribution in [0, 0.1) is 0 Å². The largest absolute Gasteiger partial charge is 0.379 e. The average Bonchev–Trinajstić information content (AvgIpc) is 3.48. The number of nitrogens with zero attached hydrogens (tertiary/aromatic N) is 2. The number of amides is 1. The van der Waals surface area contributed by atoms with Crippen LogP contribution in [-0.2, 0) is 14.9 Å². The van der Waals surface area contributed by atoms with E-state index in [1.807, 2.05) is 18.2 Å². The third-order valence-electron chi connectivity index (χ3n) is 8.49. The van der Waals surface area contributed by atoms with Crippen molar-refractivity contribution in [1.82, 2.24) is 15.1 Å². The summed E-state index contributed by atoms with van der Waals surface area (Å²) in [5.74, 6) is 0.318. The average molecular weight is 491 g/mol. The lowest BCUT2D eigenvalue weighted by molar-refractivity contribution is -0.118. The second kappa shape index (κ2) is 8.68. The standard InChI is InChI=1S/C31H30N4O2/c1-20(35-14-16-37-17-15-35)22-9-6-21(7-10-22)8-13-27-24-12-11-23(18-29(24)34-33-27)26-19-31(26)25-4-2-3-5-28(25)32-30(31)36/h2-13,18,20,26H,14-17,19H2,1H3,(H,32,36)(H,33,34)/b13-8+/t20-,26?,31?/m0/s1. The Balaban J connectivity index is 1.08. The van der Waals surface area contributed by atoms with Gasteiger partial charge < -0.3 is 10.1 Å². The molecule has 37 heavy (non-hydrogen) atoms. The molecule has 6 nitrogen and oxygen atoms in total. The molecular weight excluding hydrogens is 460 g/mol. The molecule has 3 heterocycles. The number of anilines is 1. The van der Waals surface area contributed by atoms with Crippen molar-refractivity contribution in [2.24, 2.45) is 0 Å². The van der Waals surface area contributed by atoms with Crippen LogP contribution in [0.1, 0.15) is 53.3 Å². The van der Waals surface area contributed by atoms with Crippen LogP contribution >= 0.6 is 0 Å². The molecule has 7 rings (SSSR count). The van der Waals surface area contributed by atoms with Gasteiger partial charge in [0.05, 0.1) is 29.8 Å². The molecular formula is C31H30N4O2. The number of hydrogen-bond donors (Lipinski definition) is 2. The molecule has 2 aliphatic heterocycles. The molecule has 2 N–H and O–H groups in total. The number of aromatic amines is 1. The van der Waals surface area contributed by atoms with Crippen molar-refractivity contribution in [2.75, 3.05) is 31.6 Å². The molecule has 186 valence electrons. The van der Waals surface area contributed by atoms with Gasteiger partial charge in [0.1, 0.15) is 0 Å². The van der Waals surface area contributed by atoms with Crippen LogP contribution in [-0.4, -0.2) is 47.3 Å². The highest BCUT2D eigenvalue weighted by Gasteiger charge is 2.65. The SMILES string of the molecule is C[C@@H](c1ccc(/C=C/c2n[nH]c3cc(C4CC45C(=O)Nc4ccccc45)ccc23)cc1)N1CCOCC1. The first-order valence-corrected chi connectivity index (χ1v) is 13.1. The number of morpholine rings is 1. The van der Waals surface area contributed by atoms with E-state index in [-0.39, 0.29) is 11.8 Å². The van der Waals surface area contributed by atoms with E-state index in [4.69, 9.17) is 4.74 Å². The summed E-state index contributed by atoms with van der Waals surface area (Å²) in [6.07, 6.45) is 5.03. The molecule has 3 aliphatic rings. The topological polar surface area (TPSA) is 70.2 Å². The van der Waals surface area contributed by atoms with Crippen LogP contribution < -0.4 is 5.32 Å². The van der Waals surface area contributed by atoms with Gasteiger partial charge in [0, 0.05) is 36.1 Å². The fourth-order valence-electron chi connectivity index (χ4n) is 6.19. The monoisotopic (exact) mass is 490 g/mol. The number of aromatic nitrogens is 2. The Hall–Kier alpha value is -3.74. The maximum absolute atomic E-state index is 12.9. The van der Waals surface area contributed by atoms with Gasteiger partial charge in [-0.05, 0) is 53.8 Å². The van der Waals surface area contributed by atoms with Crippen LogP contribution in [0.4, 0.5) is 5.69 Å². The second-order valence-electron chi connectivity index (χ2n) is 10.5. The van der Waals surface area contributed by atoms with Crippen LogP contribution in [0.3, 0.4) is 0 Å². The third-order valence-corrected chi connectivity index (χ3v) is 8.49. The smallest absolute Gasteiger partial charge is 0.235 e. The van der Waals surface area contributed by atoms with E-state index in [1.54, 1.807) is 0 Å². The molecule has 1 saturated heterocycles. The number of H-pyrrole nitrogens is 1. The van der Waals surface area contributed by atoms with Crippen LogP contribution in [0.2, 0.25) is 0 Å². The van der Waals surface area contributed by atoms with Gasteiger partial charge in [-0.2, -0.15) is 5.10 Å². The van der Waals surface area contributed by atoms with E-state index in [9.17, 15) is 4.79 Å². The van der Waals surface area contributed by atoms with E-state index in [1.165, 1.54) is 11.1 Å². The third kappa shape index (κ3) is 3.71. The highest BCUT2D eigenvalue weighted by atomic mass is 16.5. The van der Waals surface area contributed by atoms with Gasteiger partial charge in [-0.15, -0.1) is 0 Å². The molecule has 3 atom stereocenters. The van der Waals surface area contributed by atoms with E-state index >= 15 is 0 Å². The predicted molar refractivity (Wildman–Crippen MR) is 146 cm³/mol. The molecule has 1 aliphatic carbocycles. The normalized spacial score (nSPS) is 24.0. The maximum atomic E-state index is 12.9. The number of ether oxygens (including phenoxy) is 1. The van der Waals surface area contributed by atoms with Crippen LogP contribution in [0.5, 0.6) is 0 Å². The quantitative estimate of drug-likeness (QED) is 0.387. The first kappa shape index (κ1) is 22.5. The van der Waals surface area contributed by atoms with Gasteiger partial charge in [-0.1, -0.05) is 60.7 Å². The Morgan fingerprint density at radius 1 is 1.05 bits per heavy atom. The Bertz CT molecular complexity index is 1520. The van der Waals surface area contributed by atoms with Crippen molar-refractivity contribution in [3.63, 3.8) is 0 Å². The number of hydrogen-bond acceptors (Lipinski definition) is 4.